The Hall–Kier alpha value is -1.60. The lowest BCUT2D eigenvalue weighted by Gasteiger charge is -2.07. The SMILES string of the molecule is O=c1c(OC(F)(F)F)c[nH]c(F)c1F. The minimum Gasteiger partial charge on any atom is -0.400 e. The number of hydrogen-bond acceptors (Lipinski definition) is 2. The molecule has 0 amide bonds. The molecule has 1 rings (SSSR count). The molecule has 0 aliphatic heterocycles. The van der Waals surface area contributed by atoms with Crippen LogP contribution in [-0.2, 0) is 0 Å². The van der Waals surface area contributed by atoms with Crippen molar-refractivity contribution in [1.82, 2.24) is 4.98 Å². The first kappa shape index (κ1) is 10.5. The van der Waals surface area contributed by atoms with Gasteiger partial charge in [-0.2, -0.15) is 8.78 Å². The third kappa shape index (κ3) is 2.21. The molecule has 0 radical (unpaired) electrons. The zero-order valence-corrected chi connectivity index (χ0v) is 6.28. The lowest BCUT2D eigenvalue weighted by molar-refractivity contribution is -0.275. The summed E-state index contributed by atoms with van der Waals surface area (Å²) in [5, 5.41) is 0. The summed E-state index contributed by atoms with van der Waals surface area (Å²) in [7, 11) is 0. The number of H-pyrrole nitrogens is 1. The molecular weight excluding hydrogens is 213 g/mol. The van der Waals surface area contributed by atoms with Gasteiger partial charge in [0.15, 0.2) is 5.75 Å². The topological polar surface area (TPSA) is 42.1 Å². The molecule has 0 atom stereocenters. The van der Waals surface area contributed by atoms with Gasteiger partial charge in [-0.15, -0.1) is 13.2 Å². The quantitative estimate of drug-likeness (QED) is 0.570. The molecule has 0 aliphatic carbocycles. The van der Waals surface area contributed by atoms with Crippen LogP contribution in [0.2, 0.25) is 0 Å². The van der Waals surface area contributed by atoms with E-state index >= 15 is 0 Å². The molecule has 0 bridgehead atoms. The third-order valence-corrected chi connectivity index (χ3v) is 1.17. The standard InChI is InChI=1S/C6H2F5NO2/c7-3-4(13)2(1-12-5(3)8)14-6(9,10)11/h1H,(H,12,13). The highest BCUT2D eigenvalue weighted by Crippen LogP contribution is 2.19. The second-order valence-electron chi connectivity index (χ2n) is 2.16. The average Bonchev–Trinajstić information content (AvgIpc) is 2.04. The van der Waals surface area contributed by atoms with Crippen LogP contribution in [0.25, 0.3) is 0 Å². The summed E-state index contributed by atoms with van der Waals surface area (Å²) in [5.74, 6) is -4.95. The number of pyridine rings is 1. The average molecular weight is 215 g/mol. The monoisotopic (exact) mass is 215 g/mol. The lowest BCUT2D eigenvalue weighted by Crippen LogP contribution is -2.23. The molecule has 78 valence electrons. The van der Waals surface area contributed by atoms with E-state index in [1.807, 2.05) is 0 Å². The van der Waals surface area contributed by atoms with E-state index < -0.39 is 29.3 Å². The molecule has 0 saturated heterocycles. The van der Waals surface area contributed by atoms with Gasteiger partial charge in [-0.3, -0.25) is 4.79 Å². The summed E-state index contributed by atoms with van der Waals surface area (Å²) in [6.07, 6.45) is -4.84. The normalized spacial score (nSPS) is 11.5. The number of aromatic nitrogens is 1. The molecule has 1 aromatic heterocycles. The summed E-state index contributed by atoms with van der Waals surface area (Å²) in [4.78, 5) is 12.1. The van der Waals surface area contributed by atoms with Crippen LogP contribution in [0.1, 0.15) is 0 Å². The molecule has 14 heavy (non-hydrogen) atoms. The van der Waals surface area contributed by atoms with Gasteiger partial charge in [-0.25, -0.2) is 0 Å². The predicted octanol–water partition coefficient (Wildman–Crippen LogP) is 1.55. The zero-order chi connectivity index (χ0) is 10.9. The molecule has 0 saturated carbocycles. The van der Waals surface area contributed by atoms with Crippen LogP contribution in [-0.4, -0.2) is 11.3 Å². The van der Waals surface area contributed by atoms with Crippen LogP contribution >= 0.6 is 0 Å². The zero-order valence-electron chi connectivity index (χ0n) is 6.28. The lowest BCUT2D eigenvalue weighted by atomic mass is 10.4. The van der Waals surface area contributed by atoms with E-state index in [4.69, 9.17) is 0 Å². The maximum Gasteiger partial charge on any atom is 0.573 e. The van der Waals surface area contributed by atoms with Gasteiger partial charge < -0.3 is 9.72 Å². The van der Waals surface area contributed by atoms with E-state index in [2.05, 4.69) is 4.74 Å². The van der Waals surface area contributed by atoms with Gasteiger partial charge in [-0.1, -0.05) is 0 Å². The van der Waals surface area contributed by atoms with Crippen LogP contribution in [0.3, 0.4) is 0 Å². The van der Waals surface area contributed by atoms with Crippen molar-refractivity contribution in [2.75, 3.05) is 0 Å². The van der Waals surface area contributed by atoms with Crippen LogP contribution < -0.4 is 10.2 Å². The first-order valence-corrected chi connectivity index (χ1v) is 3.13. The number of alkyl halides is 3. The van der Waals surface area contributed by atoms with Gasteiger partial charge in [0.2, 0.25) is 11.8 Å². The Morgan fingerprint density at radius 3 is 2.36 bits per heavy atom. The predicted molar refractivity (Wildman–Crippen MR) is 33.7 cm³/mol. The Morgan fingerprint density at radius 1 is 1.29 bits per heavy atom. The second kappa shape index (κ2) is 3.28. The number of nitrogens with one attached hydrogen (secondary N) is 1. The van der Waals surface area contributed by atoms with Crippen LogP contribution in [0, 0.1) is 11.8 Å². The van der Waals surface area contributed by atoms with Crippen molar-refractivity contribution in [2.24, 2.45) is 0 Å². The van der Waals surface area contributed by atoms with Gasteiger partial charge in [-0.05, 0) is 0 Å². The molecule has 0 unspecified atom stereocenters. The molecule has 0 aromatic carbocycles. The fourth-order valence-corrected chi connectivity index (χ4v) is 0.666. The van der Waals surface area contributed by atoms with Crippen LogP contribution in [0.4, 0.5) is 22.0 Å². The first-order chi connectivity index (χ1) is 6.31. The van der Waals surface area contributed by atoms with E-state index in [-0.39, 0.29) is 6.20 Å². The number of halogens is 5. The van der Waals surface area contributed by atoms with Gasteiger partial charge >= 0.3 is 6.36 Å². The smallest absolute Gasteiger partial charge is 0.400 e. The second-order valence-corrected chi connectivity index (χ2v) is 2.16. The van der Waals surface area contributed by atoms with Crippen molar-refractivity contribution in [3.05, 3.63) is 28.2 Å². The molecule has 3 nitrogen and oxygen atoms in total. The minimum absolute atomic E-state index is 0.286. The van der Waals surface area contributed by atoms with Gasteiger partial charge in [0.25, 0.3) is 5.43 Å². The highest BCUT2D eigenvalue weighted by molar-refractivity contribution is 5.18. The number of aromatic amines is 1. The van der Waals surface area contributed by atoms with E-state index in [0.717, 1.165) is 0 Å². The Kier molecular flexibility index (Phi) is 2.45. The first-order valence-electron chi connectivity index (χ1n) is 3.13. The Balaban J connectivity index is 3.13. The molecule has 0 spiro atoms. The van der Waals surface area contributed by atoms with E-state index in [1.54, 1.807) is 0 Å². The maximum absolute atomic E-state index is 12.4. The van der Waals surface area contributed by atoms with Crippen molar-refractivity contribution >= 4 is 0 Å². The van der Waals surface area contributed by atoms with Crippen molar-refractivity contribution < 1.29 is 26.7 Å². The largest absolute Gasteiger partial charge is 0.573 e. The molecular formula is C6H2F5NO2. The number of hydrogen-bond donors (Lipinski definition) is 1. The van der Waals surface area contributed by atoms with Gasteiger partial charge in [0.1, 0.15) is 0 Å². The Labute approximate surface area is 73.1 Å². The Morgan fingerprint density at radius 2 is 1.86 bits per heavy atom. The molecule has 1 aromatic rings. The molecule has 0 fully saturated rings. The maximum atomic E-state index is 12.4. The van der Waals surface area contributed by atoms with Gasteiger partial charge in [0, 0.05) is 0 Å². The highest BCUT2D eigenvalue weighted by atomic mass is 19.4. The van der Waals surface area contributed by atoms with Crippen molar-refractivity contribution in [3.8, 4) is 5.75 Å². The van der Waals surface area contributed by atoms with E-state index in [9.17, 15) is 26.7 Å². The highest BCUT2D eigenvalue weighted by Gasteiger charge is 2.33. The fraction of sp³-hybridized carbons (Fsp3) is 0.167. The Bertz CT molecular complexity index is 396. The van der Waals surface area contributed by atoms with Crippen molar-refractivity contribution in [3.63, 3.8) is 0 Å². The minimum atomic E-state index is -5.13. The fourth-order valence-electron chi connectivity index (χ4n) is 0.666. The van der Waals surface area contributed by atoms with E-state index in [1.165, 1.54) is 4.98 Å². The molecule has 0 aliphatic rings. The summed E-state index contributed by atoms with van der Waals surface area (Å²) in [6, 6.07) is 0. The number of rotatable bonds is 1. The summed E-state index contributed by atoms with van der Waals surface area (Å²) in [6.45, 7) is 0. The molecule has 1 heterocycles. The molecule has 1 N–H and O–H groups in total. The van der Waals surface area contributed by atoms with Crippen molar-refractivity contribution in [2.45, 2.75) is 6.36 Å². The molecule has 8 heteroatoms. The van der Waals surface area contributed by atoms with Gasteiger partial charge in [0.05, 0.1) is 6.20 Å². The number of ether oxygens (including phenoxy) is 1. The summed E-state index contributed by atoms with van der Waals surface area (Å²) < 4.78 is 62.4. The van der Waals surface area contributed by atoms with E-state index in [0.29, 0.717) is 0 Å². The summed E-state index contributed by atoms with van der Waals surface area (Å²) >= 11 is 0. The van der Waals surface area contributed by atoms with Crippen molar-refractivity contribution in [1.29, 1.82) is 0 Å². The summed E-state index contributed by atoms with van der Waals surface area (Å²) in [5.41, 5.74) is -1.79. The van der Waals surface area contributed by atoms with Crippen LogP contribution in [0.5, 0.6) is 5.75 Å². The third-order valence-electron chi connectivity index (χ3n) is 1.17. The van der Waals surface area contributed by atoms with Crippen LogP contribution in [0.15, 0.2) is 11.0 Å².